The minimum absolute atomic E-state index is 0.0452. The van der Waals surface area contributed by atoms with Crippen molar-refractivity contribution in [1.29, 1.82) is 0 Å². The highest BCUT2D eigenvalue weighted by Gasteiger charge is 2.41. The van der Waals surface area contributed by atoms with Gasteiger partial charge in [0, 0.05) is 11.0 Å². The Hall–Kier alpha value is 0.130. The van der Waals surface area contributed by atoms with Crippen LogP contribution in [0.3, 0.4) is 0 Å². The van der Waals surface area contributed by atoms with Crippen LogP contribution >= 0.6 is 43.2 Å². The van der Waals surface area contributed by atoms with Crippen LogP contribution in [0.15, 0.2) is 14.3 Å². The molecule has 1 aliphatic carbocycles. The molecule has 0 aliphatic heterocycles. The number of hydrogen-bond donors (Lipinski definition) is 1. The molecule has 1 aromatic rings. The van der Waals surface area contributed by atoms with Gasteiger partial charge in [0.25, 0.3) is 5.91 Å². The normalized spacial score (nSPS) is 16.9. The molecule has 1 fully saturated rings. The number of rotatable bonds is 5. The van der Waals surface area contributed by atoms with Crippen molar-refractivity contribution >= 4 is 49.1 Å². The first-order valence-electron chi connectivity index (χ1n) is 5.79. The highest BCUT2D eigenvalue weighted by atomic mass is 79.9. The van der Waals surface area contributed by atoms with Crippen LogP contribution in [0.25, 0.3) is 0 Å². The van der Waals surface area contributed by atoms with Crippen LogP contribution in [-0.2, 0) is 0 Å². The van der Waals surface area contributed by atoms with Crippen molar-refractivity contribution in [1.82, 2.24) is 5.32 Å². The summed E-state index contributed by atoms with van der Waals surface area (Å²) in [4.78, 5) is 12.7. The Morgan fingerprint density at radius 2 is 2.24 bits per heavy atom. The topological polar surface area (TPSA) is 29.1 Å². The fourth-order valence-corrected chi connectivity index (χ4v) is 3.99. The molecule has 0 unspecified atom stereocenters. The van der Waals surface area contributed by atoms with Crippen LogP contribution in [0, 0.1) is 5.41 Å². The molecule has 0 saturated heterocycles. The Morgan fingerprint density at radius 3 is 2.71 bits per heavy atom. The molecule has 0 spiro atoms. The molecule has 1 heterocycles. The third-order valence-corrected chi connectivity index (χ3v) is 6.49. The molecule has 1 amide bonds. The van der Waals surface area contributed by atoms with Crippen molar-refractivity contribution in [3.05, 3.63) is 19.2 Å². The maximum Gasteiger partial charge on any atom is 0.261 e. The maximum atomic E-state index is 11.9. The molecule has 1 saturated carbocycles. The summed E-state index contributed by atoms with van der Waals surface area (Å²) in [5.41, 5.74) is 0.413. The zero-order valence-electron chi connectivity index (χ0n) is 9.69. The molecule has 0 aromatic carbocycles. The summed E-state index contributed by atoms with van der Waals surface area (Å²) >= 11 is 8.26. The molecule has 5 heteroatoms. The monoisotopic (exact) mass is 379 g/mol. The number of carbonyl (C=O) groups is 1. The standard InChI is InChI=1S/C12H15Br2NOS/c1-2-3-12(4-5-12)7-15-11(16)9-6-8(13)10(14)17-9/h6H,2-5,7H2,1H3,(H,15,16). The van der Waals surface area contributed by atoms with Crippen LogP contribution in [0.4, 0.5) is 0 Å². The fraction of sp³-hybridized carbons (Fsp3) is 0.583. The van der Waals surface area contributed by atoms with Gasteiger partial charge < -0.3 is 5.32 Å². The van der Waals surface area contributed by atoms with Crippen molar-refractivity contribution in [2.24, 2.45) is 5.41 Å². The van der Waals surface area contributed by atoms with Gasteiger partial charge in [-0.25, -0.2) is 0 Å². The van der Waals surface area contributed by atoms with E-state index in [-0.39, 0.29) is 5.91 Å². The van der Waals surface area contributed by atoms with Crippen LogP contribution in [0.1, 0.15) is 42.3 Å². The van der Waals surface area contributed by atoms with Crippen molar-refractivity contribution in [3.63, 3.8) is 0 Å². The van der Waals surface area contributed by atoms with Crippen molar-refractivity contribution in [2.45, 2.75) is 32.6 Å². The molecule has 94 valence electrons. The second kappa shape index (κ2) is 5.41. The second-order valence-electron chi connectivity index (χ2n) is 4.66. The number of carbonyl (C=O) groups excluding carboxylic acids is 1. The van der Waals surface area contributed by atoms with E-state index in [1.807, 2.05) is 6.07 Å². The van der Waals surface area contributed by atoms with E-state index in [1.165, 1.54) is 37.0 Å². The lowest BCUT2D eigenvalue weighted by atomic mass is 10.0. The molecule has 0 bridgehead atoms. The summed E-state index contributed by atoms with van der Waals surface area (Å²) in [5.74, 6) is 0.0452. The largest absolute Gasteiger partial charge is 0.351 e. The maximum absolute atomic E-state index is 11.9. The molecule has 1 aliphatic rings. The molecular weight excluding hydrogens is 366 g/mol. The Bertz CT molecular complexity index is 407. The van der Waals surface area contributed by atoms with Crippen LogP contribution in [0.5, 0.6) is 0 Å². The van der Waals surface area contributed by atoms with E-state index in [9.17, 15) is 4.79 Å². The SMILES string of the molecule is CCCC1(CNC(=O)c2cc(Br)c(Br)s2)CC1. The number of nitrogens with one attached hydrogen (secondary N) is 1. The van der Waals surface area contributed by atoms with E-state index in [4.69, 9.17) is 0 Å². The van der Waals surface area contributed by atoms with E-state index < -0.39 is 0 Å². The van der Waals surface area contributed by atoms with Gasteiger partial charge in [0.05, 0.1) is 8.66 Å². The molecule has 0 radical (unpaired) electrons. The highest BCUT2D eigenvalue weighted by Crippen LogP contribution is 2.49. The van der Waals surface area contributed by atoms with Gasteiger partial charge in [-0.15, -0.1) is 11.3 Å². The van der Waals surface area contributed by atoms with Gasteiger partial charge in [-0.3, -0.25) is 4.79 Å². The minimum Gasteiger partial charge on any atom is -0.351 e. The first-order chi connectivity index (χ1) is 8.06. The second-order valence-corrected chi connectivity index (χ2v) is 7.89. The molecule has 2 rings (SSSR count). The van der Waals surface area contributed by atoms with Gasteiger partial charge in [-0.1, -0.05) is 13.3 Å². The van der Waals surface area contributed by atoms with E-state index in [2.05, 4.69) is 44.1 Å². The fourth-order valence-electron chi connectivity index (χ4n) is 2.04. The van der Waals surface area contributed by atoms with Crippen molar-refractivity contribution in [3.8, 4) is 0 Å². The molecular formula is C12H15Br2NOS. The Morgan fingerprint density at radius 1 is 1.53 bits per heavy atom. The molecule has 2 nitrogen and oxygen atoms in total. The first-order valence-corrected chi connectivity index (χ1v) is 8.20. The lowest BCUT2D eigenvalue weighted by molar-refractivity contribution is 0.0948. The molecule has 17 heavy (non-hydrogen) atoms. The van der Waals surface area contributed by atoms with E-state index in [0.29, 0.717) is 5.41 Å². The summed E-state index contributed by atoms with van der Waals surface area (Å²) in [5, 5.41) is 3.06. The summed E-state index contributed by atoms with van der Waals surface area (Å²) in [6.07, 6.45) is 4.95. The summed E-state index contributed by atoms with van der Waals surface area (Å²) in [6, 6.07) is 1.86. The zero-order chi connectivity index (χ0) is 12.5. The Kier molecular flexibility index (Phi) is 4.31. The molecule has 1 aromatic heterocycles. The third kappa shape index (κ3) is 3.32. The molecule has 0 atom stereocenters. The smallest absolute Gasteiger partial charge is 0.261 e. The van der Waals surface area contributed by atoms with Gasteiger partial charge in [-0.2, -0.15) is 0 Å². The van der Waals surface area contributed by atoms with Crippen LogP contribution < -0.4 is 5.32 Å². The Balaban J connectivity index is 1.89. The van der Waals surface area contributed by atoms with Gasteiger partial charge in [-0.05, 0) is 62.6 Å². The van der Waals surface area contributed by atoms with Gasteiger partial charge in [0.1, 0.15) is 0 Å². The zero-order valence-corrected chi connectivity index (χ0v) is 13.7. The number of hydrogen-bond acceptors (Lipinski definition) is 2. The van der Waals surface area contributed by atoms with E-state index in [0.717, 1.165) is 19.7 Å². The van der Waals surface area contributed by atoms with Crippen molar-refractivity contribution < 1.29 is 4.79 Å². The average Bonchev–Trinajstić information content (AvgIpc) is 2.97. The highest BCUT2D eigenvalue weighted by molar-refractivity contribution is 9.13. The number of thiophene rings is 1. The lowest BCUT2D eigenvalue weighted by Gasteiger charge is -2.14. The summed E-state index contributed by atoms with van der Waals surface area (Å²) in [6.45, 7) is 3.03. The first kappa shape index (κ1) is 13.6. The van der Waals surface area contributed by atoms with Crippen molar-refractivity contribution in [2.75, 3.05) is 6.54 Å². The van der Waals surface area contributed by atoms with E-state index >= 15 is 0 Å². The van der Waals surface area contributed by atoms with Gasteiger partial charge in [0.2, 0.25) is 0 Å². The van der Waals surface area contributed by atoms with Gasteiger partial charge in [0.15, 0.2) is 0 Å². The van der Waals surface area contributed by atoms with Gasteiger partial charge >= 0.3 is 0 Å². The van der Waals surface area contributed by atoms with E-state index in [1.54, 1.807) is 0 Å². The Labute approximate surface area is 122 Å². The average molecular weight is 381 g/mol. The lowest BCUT2D eigenvalue weighted by Crippen LogP contribution is -2.29. The third-order valence-electron chi connectivity index (χ3n) is 3.23. The minimum atomic E-state index is 0.0452. The predicted octanol–water partition coefficient (Wildman–Crippen LogP) is 4.58. The quantitative estimate of drug-likeness (QED) is 0.795. The molecule has 1 N–H and O–H groups in total. The van der Waals surface area contributed by atoms with Crippen LogP contribution in [0.2, 0.25) is 0 Å². The predicted molar refractivity (Wildman–Crippen MR) is 78.6 cm³/mol. The number of amides is 1. The summed E-state index contributed by atoms with van der Waals surface area (Å²) < 4.78 is 1.92. The number of halogens is 2. The van der Waals surface area contributed by atoms with Crippen LogP contribution in [-0.4, -0.2) is 12.5 Å². The summed E-state index contributed by atoms with van der Waals surface area (Å²) in [7, 11) is 0.